The lowest BCUT2D eigenvalue weighted by atomic mass is 9.94. The van der Waals surface area contributed by atoms with Crippen LogP contribution in [-0.2, 0) is 11.2 Å². The van der Waals surface area contributed by atoms with Gasteiger partial charge in [-0.3, -0.25) is 19.1 Å². The Morgan fingerprint density at radius 2 is 1.89 bits per heavy atom. The number of halogens is 1. The number of carbonyl (C=O) groups is 2. The molecule has 0 bridgehead atoms. The second kappa shape index (κ2) is 10.4. The summed E-state index contributed by atoms with van der Waals surface area (Å²) in [4.78, 5) is 29.3. The highest BCUT2D eigenvalue weighted by molar-refractivity contribution is 7.13. The maximum atomic E-state index is 13.9. The van der Waals surface area contributed by atoms with E-state index in [2.05, 4.69) is 10.2 Å². The third kappa shape index (κ3) is 4.63. The number of amides is 1. The third-order valence-electron chi connectivity index (χ3n) is 6.93. The van der Waals surface area contributed by atoms with Gasteiger partial charge < -0.3 is 4.74 Å². The van der Waals surface area contributed by atoms with Crippen molar-refractivity contribution in [2.24, 2.45) is 0 Å². The van der Waals surface area contributed by atoms with Crippen molar-refractivity contribution in [2.45, 2.75) is 51.5 Å². The second-order valence-corrected chi connectivity index (χ2v) is 10.3. The van der Waals surface area contributed by atoms with Crippen LogP contribution in [0.3, 0.4) is 0 Å². The fourth-order valence-electron chi connectivity index (χ4n) is 5.11. The van der Waals surface area contributed by atoms with Crippen LogP contribution in [0.5, 0.6) is 5.75 Å². The van der Waals surface area contributed by atoms with Crippen molar-refractivity contribution in [3.05, 3.63) is 69.8 Å². The summed E-state index contributed by atoms with van der Waals surface area (Å²) in [5, 5.41) is 10.2. The molecule has 4 aromatic rings. The number of benzene rings is 2. The lowest BCUT2D eigenvalue weighted by Gasteiger charge is -2.32. The monoisotopic (exact) mass is 522 g/mol. The van der Waals surface area contributed by atoms with Crippen molar-refractivity contribution < 1.29 is 14.3 Å². The molecule has 5 rings (SSSR count). The van der Waals surface area contributed by atoms with Gasteiger partial charge in [-0.15, -0.1) is 10.2 Å². The van der Waals surface area contributed by atoms with E-state index in [1.807, 2.05) is 30.0 Å². The topological polar surface area (TPSA) is 77.3 Å². The summed E-state index contributed by atoms with van der Waals surface area (Å²) in [6, 6.07) is 12.5. The molecule has 0 aliphatic heterocycles. The van der Waals surface area contributed by atoms with Crippen molar-refractivity contribution in [3.63, 3.8) is 0 Å². The lowest BCUT2D eigenvalue weighted by Crippen LogP contribution is -2.42. The molecule has 9 heteroatoms. The van der Waals surface area contributed by atoms with Crippen LogP contribution in [0.4, 0.5) is 5.13 Å². The van der Waals surface area contributed by atoms with Crippen LogP contribution in [0, 0.1) is 6.92 Å². The second-order valence-electron chi connectivity index (χ2n) is 9.05. The Morgan fingerprint density at radius 1 is 1.14 bits per heavy atom. The van der Waals surface area contributed by atoms with Gasteiger partial charge in [0.2, 0.25) is 11.0 Å². The Morgan fingerprint density at radius 3 is 2.56 bits per heavy atom. The number of anilines is 1. The molecule has 1 aliphatic rings. The molecule has 2 aromatic heterocycles. The fourth-order valence-corrected chi connectivity index (χ4v) is 5.88. The van der Waals surface area contributed by atoms with Crippen molar-refractivity contribution >= 4 is 50.8 Å². The van der Waals surface area contributed by atoms with Crippen molar-refractivity contribution in [2.75, 3.05) is 12.0 Å². The SMILES string of the molecule is COc1ccc2c(c1)c(CC(=O)N(c1nncs1)C1CCCCC1)c(C)n2C(=O)c1ccc(Cl)cc1. The molecule has 0 N–H and O–H groups in total. The minimum Gasteiger partial charge on any atom is -0.497 e. The summed E-state index contributed by atoms with van der Waals surface area (Å²) in [7, 11) is 1.61. The van der Waals surface area contributed by atoms with Gasteiger partial charge in [-0.1, -0.05) is 42.2 Å². The molecule has 36 heavy (non-hydrogen) atoms. The van der Waals surface area contributed by atoms with Gasteiger partial charge in [0.25, 0.3) is 5.91 Å². The molecule has 0 radical (unpaired) electrons. The molecule has 1 fully saturated rings. The Bertz CT molecular complexity index is 1390. The van der Waals surface area contributed by atoms with Crippen LogP contribution in [0.25, 0.3) is 10.9 Å². The van der Waals surface area contributed by atoms with E-state index in [4.69, 9.17) is 16.3 Å². The molecule has 0 saturated heterocycles. The third-order valence-corrected chi connectivity index (χ3v) is 7.87. The summed E-state index contributed by atoms with van der Waals surface area (Å²) in [5.74, 6) is 0.453. The summed E-state index contributed by atoms with van der Waals surface area (Å²) in [6.45, 7) is 1.89. The Kier molecular flexibility index (Phi) is 7.07. The van der Waals surface area contributed by atoms with Gasteiger partial charge in [0.05, 0.1) is 19.0 Å². The zero-order valence-corrected chi connectivity index (χ0v) is 21.8. The van der Waals surface area contributed by atoms with Crippen LogP contribution in [0.1, 0.15) is 53.7 Å². The highest BCUT2D eigenvalue weighted by Gasteiger charge is 2.31. The first-order valence-electron chi connectivity index (χ1n) is 12.0. The maximum absolute atomic E-state index is 13.9. The van der Waals surface area contributed by atoms with Gasteiger partial charge in [0.1, 0.15) is 11.3 Å². The lowest BCUT2D eigenvalue weighted by molar-refractivity contribution is -0.118. The first-order valence-corrected chi connectivity index (χ1v) is 13.3. The molecule has 186 valence electrons. The quantitative estimate of drug-likeness (QED) is 0.307. The van der Waals surface area contributed by atoms with E-state index in [1.54, 1.807) is 41.5 Å². The zero-order valence-electron chi connectivity index (χ0n) is 20.2. The average molecular weight is 523 g/mol. The highest BCUT2D eigenvalue weighted by atomic mass is 35.5. The number of aromatic nitrogens is 3. The highest BCUT2D eigenvalue weighted by Crippen LogP contribution is 2.33. The largest absolute Gasteiger partial charge is 0.497 e. The smallest absolute Gasteiger partial charge is 0.262 e. The van der Waals surface area contributed by atoms with Crippen LogP contribution in [0.2, 0.25) is 5.02 Å². The van der Waals surface area contributed by atoms with E-state index >= 15 is 0 Å². The van der Waals surface area contributed by atoms with E-state index in [-0.39, 0.29) is 24.3 Å². The maximum Gasteiger partial charge on any atom is 0.262 e. The minimum absolute atomic E-state index is 0.0393. The Hall–Kier alpha value is -3.23. The summed E-state index contributed by atoms with van der Waals surface area (Å²) < 4.78 is 7.15. The number of rotatable bonds is 6. The zero-order chi connectivity index (χ0) is 25.2. The minimum atomic E-state index is -0.175. The normalized spacial score (nSPS) is 14.2. The first-order chi connectivity index (χ1) is 17.5. The number of hydrogen-bond acceptors (Lipinski definition) is 6. The molecule has 2 heterocycles. The molecule has 1 amide bonds. The van der Waals surface area contributed by atoms with Gasteiger partial charge >= 0.3 is 0 Å². The van der Waals surface area contributed by atoms with E-state index in [9.17, 15) is 9.59 Å². The van der Waals surface area contributed by atoms with E-state index in [0.29, 0.717) is 21.5 Å². The molecule has 2 aromatic carbocycles. The van der Waals surface area contributed by atoms with Gasteiger partial charge in [-0.2, -0.15) is 0 Å². The van der Waals surface area contributed by atoms with Crippen molar-refractivity contribution in [1.82, 2.24) is 14.8 Å². The van der Waals surface area contributed by atoms with Gasteiger partial charge in [0, 0.05) is 27.7 Å². The molecule has 1 aliphatic carbocycles. The molecule has 1 saturated carbocycles. The van der Waals surface area contributed by atoms with Crippen LogP contribution >= 0.6 is 22.9 Å². The fraction of sp³-hybridized carbons (Fsp3) is 0.333. The molecule has 7 nitrogen and oxygen atoms in total. The standard InChI is InChI=1S/C27H27ClN4O3S/c1-17-22(15-25(33)32(27-30-29-16-36-27)20-6-4-3-5-7-20)23-14-21(35-2)12-13-24(23)31(17)26(34)18-8-10-19(28)11-9-18/h8-14,16,20H,3-7,15H2,1-2H3. The van der Waals surface area contributed by atoms with Gasteiger partial charge in [0.15, 0.2) is 0 Å². The average Bonchev–Trinajstić information content (AvgIpc) is 3.51. The number of ether oxygens (including phenoxy) is 1. The van der Waals surface area contributed by atoms with Gasteiger partial charge in [-0.25, -0.2) is 0 Å². The molecule has 0 spiro atoms. The number of hydrogen-bond donors (Lipinski definition) is 0. The molecular formula is C27H27ClN4O3S. The van der Waals surface area contributed by atoms with Crippen molar-refractivity contribution in [1.29, 1.82) is 0 Å². The summed E-state index contributed by atoms with van der Waals surface area (Å²) in [6.07, 6.45) is 5.43. The van der Waals surface area contributed by atoms with E-state index in [1.165, 1.54) is 17.8 Å². The van der Waals surface area contributed by atoms with E-state index < -0.39 is 0 Å². The molecular weight excluding hydrogens is 496 g/mol. The number of methoxy groups -OCH3 is 1. The summed E-state index contributed by atoms with van der Waals surface area (Å²) in [5.41, 5.74) is 4.45. The van der Waals surface area contributed by atoms with Crippen LogP contribution in [0.15, 0.2) is 48.0 Å². The number of carbonyl (C=O) groups excluding carboxylic acids is 2. The Labute approximate surface area is 218 Å². The first kappa shape index (κ1) is 24.5. The summed E-state index contributed by atoms with van der Waals surface area (Å²) >= 11 is 7.42. The predicted molar refractivity (Wildman–Crippen MR) is 142 cm³/mol. The van der Waals surface area contributed by atoms with Crippen LogP contribution < -0.4 is 9.64 Å². The predicted octanol–water partition coefficient (Wildman–Crippen LogP) is 6.06. The molecule has 0 unspecified atom stereocenters. The van der Waals surface area contributed by atoms with Crippen molar-refractivity contribution in [3.8, 4) is 5.75 Å². The number of fused-ring (bicyclic) bond motifs is 1. The molecule has 0 atom stereocenters. The Balaban J connectivity index is 1.58. The van der Waals surface area contributed by atoms with E-state index in [0.717, 1.165) is 47.8 Å². The van der Waals surface area contributed by atoms with Crippen LogP contribution in [-0.4, -0.2) is 39.7 Å². The number of nitrogens with zero attached hydrogens (tertiary/aromatic N) is 4. The van der Waals surface area contributed by atoms with Gasteiger partial charge in [-0.05, 0) is 67.8 Å².